The van der Waals surface area contributed by atoms with Crippen molar-refractivity contribution in [3.63, 3.8) is 0 Å². The molecule has 1 saturated carbocycles. The lowest BCUT2D eigenvalue weighted by Crippen LogP contribution is -2.37. The zero-order chi connectivity index (χ0) is 20.3. The minimum Gasteiger partial charge on any atom is -0.349 e. The maximum atomic E-state index is 13.0. The van der Waals surface area contributed by atoms with Crippen LogP contribution in [0.2, 0.25) is 5.02 Å². The SMILES string of the molecule is CC1CCC(NC(=O)c2cccc(S(=O)(=O)N(C)c3cccc(Cl)c3)c2)CC1. The molecule has 2 aromatic carbocycles. The van der Waals surface area contributed by atoms with Crippen molar-refractivity contribution in [3.05, 3.63) is 59.1 Å². The van der Waals surface area contributed by atoms with E-state index in [9.17, 15) is 13.2 Å². The van der Waals surface area contributed by atoms with E-state index in [1.165, 1.54) is 23.5 Å². The molecular formula is C21H25ClN2O3S. The Morgan fingerprint density at radius 2 is 1.75 bits per heavy atom. The Morgan fingerprint density at radius 3 is 2.43 bits per heavy atom. The molecule has 28 heavy (non-hydrogen) atoms. The van der Waals surface area contributed by atoms with Crippen molar-refractivity contribution in [2.75, 3.05) is 11.4 Å². The summed E-state index contributed by atoms with van der Waals surface area (Å²) in [6.45, 7) is 2.22. The summed E-state index contributed by atoms with van der Waals surface area (Å²) < 4.78 is 27.2. The first-order chi connectivity index (χ1) is 13.3. The number of anilines is 1. The van der Waals surface area contributed by atoms with Crippen LogP contribution in [0.15, 0.2) is 53.4 Å². The van der Waals surface area contributed by atoms with Gasteiger partial charge in [-0.05, 0) is 68.0 Å². The van der Waals surface area contributed by atoms with Crippen LogP contribution in [0.4, 0.5) is 5.69 Å². The van der Waals surface area contributed by atoms with Crippen molar-refractivity contribution in [1.82, 2.24) is 5.32 Å². The van der Waals surface area contributed by atoms with Crippen LogP contribution in [0.3, 0.4) is 0 Å². The molecule has 0 aromatic heterocycles. The normalized spacial score (nSPS) is 19.8. The molecule has 0 radical (unpaired) electrons. The van der Waals surface area contributed by atoms with Gasteiger partial charge >= 0.3 is 0 Å². The molecule has 1 amide bonds. The van der Waals surface area contributed by atoms with Gasteiger partial charge < -0.3 is 5.32 Å². The summed E-state index contributed by atoms with van der Waals surface area (Å²) in [5.74, 6) is 0.464. The van der Waals surface area contributed by atoms with E-state index in [-0.39, 0.29) is 16.8 Å². The Morgan fingerprint density at radius 1 is 1.07 bits per heavy atom. The third-order valence-corrected chi connectivity index (χ3v) is 7.29. The maximum Gasteiger partial charge on any atom is 0.264 e. The van der Waals surface area contributed by atoms with Crippen LogP contribution in [0.25, 0.3) is 0 Å². The smallest absolute Gasteiger partial charge is 0.264 e. The second-order valence-corrected chi connectivity index (χ2v) is 9.82. The van der Waals surface area contributed by atoms with Crippen LogP contribution < -0.4 is 9.62 Å². The monoisotopic (exact) mass is 420 g/mol. The van der Waals surface area contributed by atoms with E-state index in [0.29, 0.717) is 22.2 Å². The van der Waals surface area contributed by atoms with E-state index >= 15 is 0 Å². The molecule has 1 N–H and O–H groups in total. The molecule has 7 heteroatoms. The van der Waals surface area contributed by atoms with Gasteiger partial charge in [0.05, 0.1) is 10.6 Å². The van der Waals surface area contributed by atoms with Crippen LogP contribution >= 0.6 is 11.6 Å². The molecule has 0 saturated heterocycles. The van der Waals surface area contributed by atoms with E-state index in [0.717, 1.165) is 25.7 Å². The van der Waals surface area contributed by atoms with Crippen molar-refractivity contribution in [1.29, 1.82) is 0 Å². The highest BCUT2D eigenvalue weighted by Crippen LogP contribution is 2.26. The molecule has 0 unspecified atom stereocenters. The Hall–Kier alpha value is -2.05. The molecular weight excluding hydrogens is 396 g/mol. The first kappa shape index (κ1) is 20.7. The number of amides is 1. The average molecular weight is 421 g/mol. The molecule has 0 atom stereocenters. The summed E-state index contributed by atoms with van der Waals surface area (Å²) in [5, 5.41) is 3.49. The summed E-state index contributed by atoms with van der Waals surface area (Å²) in [5.41, 5.74) is 0.804. The van der Waals surface area contributed by atoms with E-state index in [1.54, 1.807) is 36.4 Å². The second kappa shape index (κ2) is 8.53. The number of nitrogens with zero attached hydrogens (tertiary/aromatic N) is 1. The Bertz CT molecular complexity index is 954. The largest absolute Gasteiger partial charge is 0.349 e. The summed E-state index contributed by atoms with van der Waals surface area (Å²) >= 11 is 5.98. The van der Waals surface area contributed by atoms with Gasteiger partial charge in [0, 0.05) is 23.7 Å². The number of hydrogen-bond acceptors (Lipinski definition) is 3. The van der Waals surface area contributed by atoms with Crippen molar-refractivity contribution in [3.8, 4) is 0 Å². The number of rotatable bonds is 5. The van der Waals surface area contributed by atoms with Crippen molar-refractivity contribution < 1.29 is 13.2 Å². The zero-order valence-corrected chi connectivity index (χ0v) is 17.6. The number of hydrogen-bond donors (Lipinski definition) is 1. The highest BCUT2D eigenvalue weighted by molar-refractivity contribution is 7.92. The fraction of sp³-hybridized carbons (Fsp3) is 0.381. The highest BCUT2D eigenvalue weighted by atomic mass is 35.5. The van der Waals surface area contributed by atoms with Crippen molar-refractivity contribution in [2.24, 2.45) is 5.92 Å². The molecule has 3 rings (SSSR count). The lowest BCUT2D eigenvalue weighted by Gasteiger charge is -2.27. The quantitative estimate of drug-likeness (QED) is 0.775. The third-order valence-electron chi connectivity index (χ3n) is 5.28. The van der Waals surface area contributed by atoms with Gasteiger partial charge in [0.25, 0.3) is 15.9 Å². The number of benzene rings is 2. The first-order valence-electron chi connectivity index (χ1n) is 9.43. The van der Waals surface area contributed by atoms with E-state index in [2.05, 4.69) is 12.2 Å². The van der Waals surface area contributed by atoms with Crippen LogP contribution in [0.1, 0.15) is 43.0 Å². The van der Waals surface area contributed by atoms with Gasteiger partial charge in [-0.2, -0.15) is 0 Å². The fourth-order valence-electron chi connectivity index (χ4n) is 3.44. The predicted octanol–water partition coefficient (Wildman–Crippen LogP) is 4.47. The molecule has 0 aliphatic heterocycles. The number of nitrogens with one attached hydrogen (secondary N) is 1. The van der Waals surface area contributed by atoms with Gasteiger partial charge in [-0.3, -0.25) is 9.10 Å². The second-order valence-electron chi connectivity index (χ2n) is 7.41. The molecule has 0 bridgehead atoms. The molecule has 0 spiro atoms. The minimum absolute atomic E-state index is 0.0693. The Kier molecular flexibility index (Phi) is 6.30. The molecule has 1 aliphatic carbocycles. The van der Waals surface area contributed by atoms with Gasteiger partial charge in [0.1, 0.15) is 0 Å². The van der Waals surface area contributed by atoms with Crippen LogP contribution in [-0.4, -0.2) is 27.4 Å². The topological polar surface area (TPSA) is 66.5 Å². The number of carbonyl (C=O) groups excluding carboxylic acids is 1. The Labute approximate surface area is 171 Å². The average Bonchev–Trinajstić information content (AvgIpc) is 2.69. The summed E-state index contributed by atoms with van der Waals surface area (Å²) in [4.78, 5) is 12.7. The standard InChI is InChI=1S/C21H25ClN2O3S/c1-15-9-11-18(12-10-15)23-21(25)16-5-3-8-20(13-16)28(26,27)24(2)19-7-4-6-17(22)14-19/h3-8,13-15,18H,9-12H2,1-2H3,(H,23,25). The van der Waals surface area contributed by atoms with Gasteiger partial charge in [-0.1, -0.05) is 30.7 Å². The van der Waals surface area contributed by atoms with Crippen molar-refractivity contribution >= 4 is 33.2 Å². The zero-order valence-electron chi connectivity index (χ0n) is 16.1. The predicted molar refractivity (Wildman–Crippen MR) is 112 cm³/mol. The summed E-state index contributed by atoms with van der Waals surface area (Å²) in [6.07, 6.45) is 4.12. The summed E-state index contributed by atoms with van der Waals surface area (Å²) in [6, 6.07) is 12.9. The molecule has 1 fully saturated rings. The van der Waals surface area contributed by atoms with E-state index < -0.39 is 10.0 Å². The van der Waals surface area contributed by atoms with Gasteiger partial charge in [0.15, 0.2) is 0 Å². The van der Waals surface area contributed by atoms with Crippen LogP contribution in [0, 0.1) is 5.92 Å². The molecule has 1 aliphatic rings. The first-order valence-corrected chi connectivity index (χ1v) is 11.2. The third kappa shape index (κ3) is 4.67. The lowest BCUT2D eigenvalue weighted by atomic mass is 9.87. The van der Waals surface area contributed by atoms with E-state index in [1.807, 2.05) is 0 Å². The van der Waals surface area contributed by atoms with Gasteiger partial charge in [-0.25, -0.2) is 8.42 Å². The molecule has 150 valence electrons. The molecule has 0 heterocycles. The number of carbonyl (C=O) groups is 1. The number of sulfonamides is 1. The van der Waals surface area contributed by atoms with Crippen LogP contribution in [-0.2, 0) is 10.0 Å². The maximum absolute atomic E-state index is 13.0. The molecule has 5 nitrogen and oxygen atoms in total. The lowest BCUT2D eigenvalue weighted by molar-refractivity contribution is 0.0923. The Balaban J connectivity index is 1.79. The number of halogens is 1. The van der Waals surface area contributed by atoms with Gasteiger partial charge in [-0.15, -0.1) is 0 Å². The van der Waals surface area contributed by atoms with Gasteiger partial charge in [0.2, 0.25) is 0 Å². The fourth-order valence-corrected chi connectivity index (χ4v) is 4.86. The van der Waals surface area contributed by atoms with Crippen LogP contribution in [0.5, 0.6) is 0 Å². The molecule has 2 aromatic rings. The van der Waals surface area contributed by atoms with E-state index in [4.69, 9.17) is 11.6 Å². The summed E-state index contributed by atoms with van der Waals surface area (Å²) in [7, 11) is -2.34. The minimum atomic E-state index is -3.81. The van der Waals surface area contributed by atoms with Crippen molar-refractivity contribution in [2.45, 2.75) is 43.5 Å². The highest BCUT2D eigenvalue weighted by Gasteiger charge is 2.24.